The lowest BCUT2D eigenvalue weighted by atomic mass is 10.2. The lowest BCUT2D eigenvalue weighted by Crippen LogP contribution is -2.46. The molecule has 0 atom stereocenters. The summed E-state index contributed by atoms with van der Waals surface area (Å²) in [4.78, 5) is 0. The maximum atomic E-state index is 5.77. The summed E-state index contributed by atoms with van der Waals surface area (Å²) >= 11 is 0. The Morgan fingerprint density at radius 3 is 2.26 bits per heavy atom. The molecule has 1 N–H and O–H groups in total. The first kappa shape index (κ1) is 19.6. The Hall–Kier alpha value is -2.12. The van der Waals surface area contributed by atoms with Crippen molar-refractivity contribution in [3.8, 4) is 11.5 Å². The van der Waals surface area contributed by atoms with Gasteiger partial charge in [-0.05, 0) is 29.8 Å². The van der Waals surface area contributed by atoms with E-state index in [1.54, 1.807) is 0 Å². The Balaban J connectivity index is 1.23. The van der Waals surface area contributed by atoms with Gasteiger partial charge < -0.3 is 18.9 Å². The predicted octanol–water partition coefficient (Wildman–Crippen LogP) is 2.50. The lowest BCUT2D eigenvalue weighted by Gasteiger charge is -2.27. The van der Waals surface area contributed by atoms with Crippen LogP contribution in [0.25, 0.3) is 0 Å². The highest BCUT2D eigenvalue weighted by molar-refractivity contribution is 5.31. The van der Waals surface area contributed by atoms with Gasteiger partial charge in [-0.15, -0.1) is 0 Å². The van der Waals surface area contributed by atoms with Gasteiger partial charge in [-0.3, -0.25) is 5.43 Å². The van der Waals surface area contributed by atoms with E-state index in [1.165, 1.54) is 0 Å². The number of hydrogen-bond donors (Lipinski definition) is 1. The molecule has 6 nitrogen and oxygen atoms in total. The molecular formula is C21H28N2O4. The van der Waals surface area contributed by atoms with Crippen molar-refractivity contribution < 1.29 is 18.9 Å². The summed E-state index contributed by atoms with van der Waals surface area (Å²) in [6, 6.07) is 17.8. The van der Waals surface area contributed by atoms with Gasteiger partial charge in [0.15, 0.2) is 0 Å². The second-order valence-corrected chi connectivity index (χ2v) is 6.21. The minimum absolute atomic E-state index is 0.530. The van der Waals surface area contributed by atoms with E-state index in [1.807, 2.05) is 54.6 Å². The fraction of sp³-hybridized carbons (Fsp3) is 0.429. The van der Waals surface area contributed by atoms with Crippen LogP contribution in [0.3, 0.4) is 0 Å². The maximum Gasteiger partial charge on any atom is 0.120 e. The number of rotatable bonds is 11. The molecule has 0 radical (unpaired) electrons. The zero-order valence-corrected chi connectivity index (χ0v) is 15.6. The van der Waals surface area contributed by atoms with Crippen LogP contribution in [0.2, 0.25) is 0 Å². The summed E-state index contributed by atoms with van der Waals surface area (Å²) in [6.45, 7) is 6.55. The molecule has 2 aromatic carbocycles. The van der Waals surface area contributed by atoms with Crippen LogP contribution >= 0.6 is 0 Å². The molecule has 1 saturated heterocycles. The lowest BCUT2D eigenvalue weighted by molar-refractivity contribution is 0.00478. The van der Waals surface area contributed by atoms with Crippen LogP contribution in [0, 0.1) is 0 Å². The van der Waals surface area contributed by atoms with Gasteiger partial charge >= 0.3 is 0 Å². The van der Waals surface area contributed by atoms with Crippen molar-refractivity contribution in [3.05, 3.63) is 60.2 Å². The zero-order valence-electron chi connectivity index (χ0n) is 15.6. The van der Waals surface area contributed by atoms with Crippen LogP contribution in [0.4, 0.5) is 0 Å². The van der Waals surface area contributed by atoms with Gasteiger partial charge in [0.05, 0.1) is 26.4 Å². The molecule has 0 amide bonds. The first-order chi connectivity index (χ1) is 13.4. The Morgan fingerprint density at radius 2 is 1.52 bits per heavy atom. The average molecular weight is 372 g/mol. The van der Waals surface area contributed by atoms with E-state index in [0.717, 1.165) is 49.9 Å². The largest absolute Gasteiger partial charge is 0.491 e. The predicted molar refractivity (Wildman–Crippen MR) is 104 cm³/mol. The second-order valence-electron chi connectivity index (χ2n) is 6.21. The topological polar surface area (TPSA) is 52.2 Å². The van der Waals surface area contributed by atoms with Crippen LogP contribution in [-0.2, 0) is 16.1 Å². The van der Waals surface area contributed by atoms with Crippen molar-refractivity contribution in [3.63, 3.8) is 0 Å². The highest BCUT2D eigenvalue weighted by Crippen LogP contribution is 2.18. The van der Waals surface area contributed by atoms with Crippen molar-refractivity contribution in [2.45, 2.75) is 6.61 Å². The molecule has 2 aromatic rings. The van der Waals surface area contributed by atoms with E-state index in [0.29, 0.717) is 26.4 Å². The molecule has 0 aromatic heterocycles. The average Bonchev–Trinajstić information content (AvgIpc) is 2.74. The van der Waals surface area contributed by atoms with Crippen molar-refractivity contribution in [2.75, 3.05) is 52.7 Å². The van der Waals surface area contributed by atoms with Crippen molar-refractivity contribution in [2.24, 2.45) is 0 Å². The van der Waals surface area contributed by atoms with Gasteiger partial charge in [0, 0.05) is 19.6 Å². The van der Waals surface area contributed by atoms with Crippen LogP contribution in [0.1, 0.15) is 5.56 Å². The van der Waals surface area contributed by atoms with Crippen LogP contribution in [0.15, 0.2) is 54.6 Å². The maximum absolute atomic E-state index is 5.77. The molecule has 0 unspecified atom stereocenters. The van der Waals surface area contributed by atoms with E-state index < -0.39 is 0 Å². The third-order valence-corrected chi connectivity index (χ3v) is 4.16. The monoisotopic (exact) mass is 372 g/mol. The first-order valence-electron chi connectivity index (χ1n) is 9.44. The van der Waals surface area contributed by atoms with Gasteiger partial charge in [0.25, 0.3) is 0 Å². The molecule has 27 heavy (non-hydrogen) atoms. The number of morpholine rings is 1. The first-order valence-corrected chi connectivity index (χ1v) is 9.44. The Kier molecular flexibility index (Phi) is 8.41. The molecule has 0 saturated carbocycles. The standard InChI is InChI=1S/C21H28N2O4/c1-2-4-19(5-3-1)18-27-21-8-6-20(7-9-21)26-17-16-24-13-10-22-23-11-14-25-15-12-23/h1-9,22H,10-18H2. The van der Waals surface area contributed by atoms with Crippen LogP contribution < -0.4 is 14.9 Å². The van der Waals surface area contributed by atoms with Gasteiger partial charge in [0.1, 0.15) is 24.7 Å². The molecule has 1 fully saturated rings. The smallest absolute Gasteiger partial charge is 0.120 e. The normalized spacial score (nSPS) is 14.8. The summed E-state index contributed by atoms with van der Waals surface area (Å²) in [7, 11) is 0. The van der Waals surface area contributed by atoms with Gasteiger partial charge in [0.2, 0.25) is 0 Å². The fourth-order valence-electron chi connectivity index (χ4n) is 2.69. The third kappa shape index (κ3) is 7.56. The van der Waals surface area contributed by atoms with E-state index in [-0.39, 0.29) is 0 Å². The molecule has 0 spiro atoms. The Bertz CT molecular complexity index is 630. The van der Waals surface area contributed by atoms with E-state index in [2.05, 4.69) is 10.4 Å². The number of hydrazine groups is 1. The van der Waals surface area contributed by atoms with Crippen LogP contribution in [-0.4, -0.2) is 57.7 Å². The minimum atomic E-state index is 0.530. The fourth-order valence-corrected chi connectivity index (χ4v) is 2.69. The van der Waals surface area contributed by atoms with Gasteiger partial charge in [-0.1, -0.05) is 30.3 Å². The van der Waals surface area contributed by atoms with Gasteiger partial charge in [-0.2, -0.15) is 0 Å². The summed E-state index contributed by atoms with van der Waals surface area (Å²) in [6.07, 6.45) is 0. The summed E-state index contributed by atoms with van der Waals surface area (Å²) in [5, 5.41) is 2.17. The van der Waals surface area contributed by atoms with Crippen molar-refractivity contribution in [1.82, 2.24) is 10.4 Å². The summed E-state index contributed by atoms with van der Waals surface area (Å²) in [5.41, 5.74) is 4.48. The number of benzene rings is 2. The summed E-state index contributed by atoms with van der Waals surface area (Å²) in [5.74, 6) is 1.65. The molecule has 1 aliphatic rings. The molecule has 1 aliphatic heterocycles. The molecular weight excluding hydrogens is 344 g/mol. The minimum Gasteiger partial charge on any atom is -0.491 e. The number of hydrogen-bond acceptors (Lipinski definition) is 6. The molecule has 0 aliphatic carbocycles. The SMILES string of the molecule is c1ccc(COc2ccc(OCCOCCNN3CCOCC3)cc2)cc1. The highest BCUT2D eigenvalue weighted by Gasteiger charge is 2.08. The van der Waals surface area contributed by atoms with Crippen LogP contribution in [0.5, 0.6) is 11.5 Å². The molecule has 3 rings (SSSR count). The number of ether oxygens (including phenoxy) is 4. The quantitative estimate of drug-likeness (QED) is 0.612. The third-order valence-electron chi connectivity index (χ3n) is 4.16. The second kappa shape index (κ2) is 11.6. The van der Waals surface area contributed by atoms with Crippen molar-refractivity contribution >= 4 is 0 Å². The highest BCUT2D eigenvalue weighted by atomic mass is 16.5. The van der Waals surface area contributed by atoms with Gasteiger partial charge in [-0.25, -0.2) is 5.01 Å². The van der Waals surface area contributed by atoms with E-state index in [9.17, 15) is 0 Å². The zero-order chi connectivity index (χ0) is 18.6. The van der Waals surface area contributed by atoms with E-state index >= 15 is 0 Å². The molecule has 0 bridgehead atoms. The van der Waals surface area contributed by atoms with Crippen molar-refractivity contribution in [1.29, 1.82) is 0 Å². The molecule has 6 heteroatoms. The Morgan fingerprint density at radius 1 is 0.815 bits per heavy atom. The summed E-state index contributed by atoms with van der Waals surface area (Å²) < 4.78 is 22.4. The Labute approximate surface area is 161 Å². The van der Waals surface area contributed by atoms with E-state index in [4.69, 9.17) is 18.9 Å². The number of nitrogens with zero attached hydrogens (tertiary/aromatic N) is 1. The molecule has 146 valence electrons. The molecule has 1 heterocycles. The number of nitrogens with one attached hydrogen (secondary N) is 1.